The third-order valence-corrected chi connectivity index (χ3v) is 2.97. The number of hydrogen-bond acceptors (Lipinski definition) is 2. The van der Waals surface area contributed by atoms with Crippen LogP contribution in [0.2, 0.25) is 0 Å². The maximum Gasteiger partial charge on any atom is 0.222 e. The molecule has 1 aliphatic heterocycles. The Morgan fingerprint density at radius 3 is 2.00 bits per heavy atom. The average Bonchev–Trinajstić information content (AvgIpc) is 2.43. The van der Waals surface area contributed by atoms with Gasteiger partial charge in [-0.3, -0.25) is 4.79 Å². The van der Waals surface area contributed by atoms with Gasteiger partial charge in [-0.15, -0.1) is 0 Å². The van der Waals surface area contributed by atoms with E-state index < -0.39 is 0 Å². The van der Waals surface area contributed by atoms with E-state index in [9.17, 15) is 4.79 Å². The Morgan fingerprint density at radius 2 is 1.65 bits per heavy atom. The topological polar surface area (TPSA) is 20.3 Å². The van der Waals surface area contributed by atoms with Gasteiger partial charge in [-0.2, -0.15) is 12.6 Å². The van der Waals surface area contributed by atoms with Crippen LogP contribution in [0.4, 0.5) is 0 Å². The minimum absolute atomic E-state index is 0.329. The molecule has 0 radical (unpaired) electrons. The van der Waals surface area contributed by atoms with E-state index in [-0.39, 0.29) is 0 Å². The molecule has 2 nitrogen and oxygen atoms in total. The molecule has 1 amide bonds. The Morgan fingerprint density at radius 1 is 1.18 bits per heavy atom. The highest BCUT2D eigenvalue weighted by Gasteiger charge is 2.20. The van der Waals surface area contributed by atoms with E-state index in [1.165, 1.54) is 25.7 Å². The van der Waals surface area contributed by atoms with E-state index in [0.29, 0.717) is 12.3 Å². The van der Waals surface area contributed by atoms with Crippen LogP contribution in [0.3, 0.4) is 0 Å². The molecule has 0 saturated carbocycles. The molecule has 0 unspecified atom stereocenters. The molecular weight excluding hydrogens is 230 g/mol. The van der Waals surface area contributed by atoms with Crippen molar-refractivity contribution in [2.45, 2.75) is 59.8 Å². The fourth-order valence-electron chi connectivity index (χ4n) is 2.10. The van der Waals surface area contributed by atoms with E-state index >= 15 is 0 Å². The van der Waals surface area contributed by atoms with Gasteiger partial charge in [0.25, 0.3) is 0 Å². The zero-order chi connectivity index (χ0) is 13.7. The van der Waals surface area contributed by atoms with Crippen molar-refractivity contribution < 1.29 is 4.79 Å². The van der Waals surface area contributed by atoms with Gasteiger partial charge in [0.1, 0.15) is 0 Å². The lowest BCUT2D eigenvalue weighted by Crippen LogP contribution is -2.37. The Kier molecular flexibility index (Phi) is 15.7. The summed E-state index contributed by atoms with van der Waals surface area (Å²) in [6, 6.07) is 0. The predicted octanol–water partition coefficient (Wildman–Crippen LogP) is 4.01. The van der Waals surface area contributed by atoms with E-state index in [1.807, 2.05) is 25.7 Å². The molecule has 1 heterocycles. The van der Waals surface area contributed by atoms with Gasteiger partial charge in [0.05, 0.1) is 0 Å². The summed E-state index contributed by atoms with van der Waals surface area (Å²) >= 11 is 3.53. The van der Waals surface area contributed by atoms with Gasteiger partial charge in [-0.25, -0.2) is 0 Å². The first-order valence-corrected chi connectivity index (χ1v) is 7.89. The van der Waals surface area contributed by atoms with Gasteiger partial charge in [0.15, 0.2) is 0 Å². The number of carbonyl (C=O) groups excluding carboxylic acids is 1. The van der Waals surface area contributed by atoms with Gasteiger partial charge in [0.2, 0.25) is 5.91 Å². The summed E-state index contributed by atoms with van der Waals surface area (Å²) in [5, 5.41) is 0. The van der Waals surface area contributed by atoms with Crippen LogP contribution in [0.15, 0.2) is 0 Å². The Labute approximate surface area is 114 Å². The number of thiol groups is 1. The first kappa shape index (κ1) is 19.2. The van der Waals surface area contributed by atoms with Crippen molar-refractivity contribution in [2.75, 3.05) is 19.3 Å². The van der Waals surface area contributed by atoms with Crippen LogP contribution < -0.4 is 0 Å². The Hall–Kier alpha value is -0.180. The molecule has 0 atom stereocenters. The second-order valence-corrected chi connectivity index (χ2v) is 3.97. The quantitative estimate of drug-likeness (QED) is 0.761. The minimum Gasteiger partial charge on any atom is -0.343 e. The maximum atomic E-state index is 11.4. The highest BCUT2D eigenvalue weighted by atomic mass is 32.1. The molecule has 0 aromatic rings. The fraction of sp³-hybridized carbons (Fsp3) is 0.929. The smallest absolute Gasteiger partial charge is 0.222 e. The van der Waals surface area contributed by atoms with Crippen molar-refractivity contribution in [3.63, 3.8) is 0 Å². The lowest BCUT2D eigenvalue weighted by molar-refractivity contribution is -0.132. The van der Waals surface area contributed by atoms with E-state index in [1.54, 1.807) is 6.26 Å². The molecule has 0 aromatic heterocycles. The Bertz CT molecular complexity index is 166. The number of nitrogens with zero attached hydrogens (tertiary/aromatic N) is 1. The van der Waals surface area contributed by atoms with E-state index in [0.717, 1.165) is 19.0 Å². The van der Waals surface area contributed by atoms with Gasteiger partial charge in [-0.05, 0) is 25.0 Å². The zero-order valence-corrected chi connectivity index (χ0v) is 13.2. The molecule has 0 aromatic carbocycles. The fourth-order valence-corrected chi connectivity index (χ4v) is 2.10. The van der Waals surface area contributed by atoms with Crippen molar-refractivity contribution in [3.05, 3.63) is 0 Å². The summed E-state index contributed by atoms with van der Waals surface area (Å²) in [4.78, 5) is 13.4. The van der Waals surface area contributed by atoms with Gasteiger partial charge < -0.3 is 4.90 Å². The number of rotatable bonds is 3. The highest BCUT2D eigenvalue weighted by molar-refractivity contribution is 7.79. The maximum absolute atomic E-state index is 11.4. The molecule has 0 aliphatic carbocycles. The predicted molar refractivity (Wildman–Crippen MR) is 80.8 cm³/mol. The standard InChI is InChI=1S/C11H21NO.C2H6.CH4S/c1-3-5-10-6-8-12(9-7-10)11(13)4-2;2*1-2/h10H,3-9H2,1-2H3;1-2H3;2H,1H3. The third-order valence-electron chi connectivity index (χ3n) is 2.97. The van der Waals surface area contributed by atoms with E-state index in [4.69, 9.17) is 0 Å². The van der Waals surface area contributed by atoms with Crippen molar-refractivity contribution in [3.8, 4) is 0 Å². The number of likely N-dealkylation sites (tertiary alicyclic amines) is 1. The molecular formula is C14H31NOS. The minimum atomic E-state index is 0.329. The molecule has 104 valence electrons. The average molecular weight is 261 g/mol. The number of hydrogen-bond donors (Lipinski definition) is 1. The van der Waals surface area contributed by atoms with Crippen LogP contribution in [0, 0.1) is 5.92 Å². The van der Waals surface area contributed by atoms with Crippen LogP contribution in [0.1, 0.15) is 59.8 Å². The van der Waals surface area contributed by atoms with Crippen molar-refractivity contribution in [2.24, 2.45) is 5.92 Å². The molecule has 1 saturated heterocycles. The summed E-state index contributed by atoms with van der Waals surface area (Å²) in [7, 11) is 0. The SMILES string of the molecule is CC.CCCC1CCN(C(=O)CC)CC1.CS. The monoisotopic (exact) mass is 261 g/mol. The van der Waals surface area contributed by atoms with Gasteiger partial charge in [0, 0.05) is 19.5 Å². The van der Waals surface area contributed by atoms with Gasteiger partial charge in [-0.1, -0.05) is 40.5 Å². The van der Waals surface area contributed by atoms with Crippen LogP contribution in [0.5, 0.6) is 0 Å². The largest absolute Gasteiger partial charge is 0.343 e. The van der Waals surface area contributed by atoms with Crippen molar-refractivity contribution >= 4 is 18.5 Å². The lowest BCUT2D eigenvalue weighted by atomic mass is 9.92. The molecule has 0 N–H and O–H groups in total. The summed E-state index contributed by atoms with van der Waals surface area (Å²) in [5.41, 5.74) is 0. The summed E-state index contributed by atoms with van der Waals surface area (Å²) in [6.45, 7) is 10.2. The highest BCUT2D eigenvalue weighted by Crippen LogP contribution is 2.21. The third kappa shape index (κ3) is 8.53. The summed E-state index contributed by atoms with van der Waals surface area (Å²) in [6.07, 6.45) is 7.43. The van der Waals surface area contributed by atoms with Gasteiger partial charge >= 0.3 is 0 Å². The normalized spacial score (nSPS) is 15.3. The summed E-state index contributed by atoms with van der Waals surface area (Å²) in [5.74, 6) is 1.21. The number of carbonyl (C=O) groups is 1. The van der Waals surface area contributed by atoms with E-state index in [2.05, 4.69) is 19.6 Å². The molecule has 1 fully saturated rings. The molecule has 0 spiro atoms. The van der Waals surface area contributed by atoms with Crippen LogP contribution in [-0.2, 0) is 4.79 Å². The molecule has 1 rings (SSSR count). The lowest BCUT2D eigenvalue weighted by Gasteiger charge is -2.31. The number of piperidine rings is 1. The van der Waals surface area contributed by atoms with Crippen molar-refractivity contribution in [1.82, 2.24) is 4.90 Å². The molecule has 17 heavy (non-hydrogen) atoms. The van der Waals surface area contributed by atoms with Crippen molar-refractivity contribution in [1.29, 1.82) is 0 Å². The first-order valence-electron chi connectivity index (χ1n) is 7.00. The van der Waals surface area contributed by atoms with Crippen LogP contribution in [0.25, 0.3) is 0 Å². The van der Waals surface area contributed by atoms with Crippen LogP contribution >= 0.6 is 12.6 Å². The molecule has 3 heteroatoms. The summed E-state index contributed by atoms with van der Waals surface area (Å²) < 4.78 is 0. The molecule has 1 aliphatic rings. The van der Waals surface area contributed by atoms with Crippen LogP contribution in [-0.4, -0.2) is 30.2 Å². The second kappa shape index (κ2) is 13.9. The zero-order valence-electron chi connectivity index (χ0n) is 12.3. The number of amides is 1. The first-order chi connectivity index (χ1) is 8.27. The second-order valence-electron chi connectivity index (χ2n) is 3.97. The Balaban J connectivity index is 0. The molecule has 0 bridgehead atoms.